The lowest BCUT2D eigenvalue weighted by Crippen LogP contribution is -2.02. The number of aromatic nitrogens is 3. The van der Waals surface area contributed by atoms with Gasteiger partial charge in [-0.05, 0) is 24.3 Å². The lowest BCUT2D eigenvalue weighted by atomic mass is 10.2. The van der Waals surface area contributed by atoms with Crippen molar-refractivity contribution in [1.29, 1.82) is 0 Å². The van der Waals surface area contributed by atoms with Crippen LogP contribution in [0.3, 0.4) is 0 Å². The average Bonchev–Trinajstić information content (AvgIpc) is 2.85. The van der Waals surface area contributed by atoms with Crippen LogP contribution in [0.4, 0.5) is 0 Å². The van der Waals surface area contributed by atoms with Crippen LogP contribution in [0.1, 0.15) is 5.82 Å². The van der Waals surface area contributed by atoms with E-state index < -0.39 is 0 Å². The Balaban J connectivity index is 2.36. The number of methoxy groups -OCH3 is 1. The molecule has 0 aliphatic carbocycles. The van der Waals surface area contributed by atoms with E-state index in [0.717, 1.165) is 22.5 Å². The molecule has 0 saturated carbocycles. The van der Waals surface area contributed by atoms with E-state index in [2.05, 4.69) is 9.97 Å². The second kappa shape index (κ2) is 5.31. The Morgan fingerprint density at radius 2 is 2.15 bits per heavy atom. The van der Waals surface area contributed by atoms with Crippen LogP contribution in [-0.4, -0.2) is 21.6 Å². The van der Waals surface area contributed by atoms with E-state index in [1.54, 1.807) is 25.6 Å². The molecule has 6 heteroatoms. The molecule has 2 heterocycles. The molecule has 0 bridgehead atoms. The standard InChI is InChI=1S/C14H11Cl2N3O/c1-20-13-3-2-9(16)6-12(13)19-11-4-5-17-8-10(11)18-14(19)7-15/h2-6,8H,7H2,1H3. The normalized spacial score (nSPS) is 10.9. The summed E-state index contributed by atoms with van der Waals surface area (Å²) in [6.45, 7) is 0. The molecule has 0 radical (unpaired) electrons. The van der Waals surface area contributed by atoms with Gasteiger partial charge in [0, 0.05) is 11.2 Å². The van der Waals surface area contributed by atoms with Gasteiger partial charge >= 0.3 is 0 Å². The largest absolute Gasteiger partial charge is 0.495 e. The van der Waals surface area contributed by atoms with Crippen LogP contribution in [0.25, 0.3) is 16.7 Å². The van der Waals surface area contributed by atoms with E-state index in [0.29, 0.717) is 10.8 Å². The molecule has 0 spiro atoms. The van der Waals surface area contributed by atoms with Gasteiger partial charge in [-0.25, -0.2) is 4.98 Å². The van der Waals surface area contributed by atoms with Gasteiger partial charge in [-0.15, -0.1) is 11.6 Å². The summed E-state index contributed by atoms with van der Waals surface area (Å²) in [7, 11) is 1.62. The molecule has 0 aliphatic rings. The van der Waals surface area contributed by atoms with Crippen molar-refractivity contribution >= 4 is 34.2 Å². The summed E-state index contributed by atoms with van der Waals surface area (Å²) < 4.78 is 7.35. The molecule has 0 fully saturated rings. The molecule has 0 N–H and O–H groups in total. The highest BCUT2D eigenvalue weighted by Gasteiger charge is 2.15. The monoisotopic (exact) mass is 307 g/mol. The number of halogens is 2. The average molecular weight is 308 g/mol. The van der Waals surface area contributed by atoms with E-state index in [9.17, 15) is 0 Å². The van der Waals surface area contributed by atoms with Gasteiger partial charge in [0.25, 0.3) is 0 Å². The maximum Gasteiger partial charge on any atom is 0.143 e. The van der Waals surface area contributed by atoms with Gasteiger partial charge in [0.15, 0.2) is 0 Å². The summed E-state index contributed by atoms with van der Waals surface area (Å²) in [5.74, 6) is 1.71. The Morgan fingerprint density at radius 3 is 2.90 bits per heavy atom. The van der Waals surface area contributed by atoms with E-state index in [1.165, 1.54) is 0 Å². The van der Waals surface area contributed by atoms with Crippen molar-refractivity contribution in [1.82, 2.24) is 14.5 Å². The topological polar surface area (TPSA) is 39.9 Å². The van der Waals surface area contributed by atoms with Crippen molar-refractivity contribution in [2.24, 2.45) is 0 Å². The van der Waals surface area contributed by atoms with Crippen LogP contribution >= 0.6 is 23.2 Å². The highest BCUT2D eigenvalue weighted by Crippen LogP contribution is 2.31. The van der Waals surface area contributed by atoms with E-state index >= 15 is 0 Å². The fourth-order valence-corrected chi connectivity index (χ4v) is 2.52. The number of hydrogen-bond acceptors (Lipinski definition) is 3. The first kappa shape index (κ1) is 13.2. The zero-order chi connectivity index (χ0) is 14.1. The summed E-state index contributed by atoms with van der Waals surface area (Å²) in [5.41, 5.74) is 2.51. The molecule has 1 aromatic carbocycles. The van der Waals surface area contributed by atoms with Gasteiger partial charge in [0.1, 0.15) is 17.1 Å². The number of alkyl halides is 1. The zero-order valence-corrected chi connectivity index (χ0v) is 12.2. The maximum atomic E-state index is 6.10. The lowest BCUT2D eigenvalue weighted by Gasteiger charge is -2.12. The summed E-state index contributed by atoms with van der Waals surface area (Å²) in [5, 5.41) is 0.622. The Kier molecular flexibility index (Phi) is 3.51. The van der Waals surface area contributed by atoms with Crippen molar-refractivity contribution in [3.63, 3.8) is 0 Å². The van der Waals surface area contributed by atoms with Crippen LogP contribution < -0.4 is 4.74 Å². The van der Waals surface area contributed by atoms with Crippen LogP contribution in [0, 0.1) is 0 Å². The Morgan fingerprint density at radius 1 is 1.30 bits per heavy atom. The minimum absolute atomic E-state index is 0.282. The molecule has 0 aliphatic heterocycles. The molecular weight excluding hydrogens is 297 g/mol. The number of rotatable bonds is 3. The third-order valence-electron chi connectivity index (χ3n) is 3.03. The Hall–Kier alpha value is -1.78. The van der Waals surface area contributed by atoms with Gasteiger partial charge in [-0.1, -0.05) is 11.6 Å². The Labute approximate surface area is 125 Å². The third kappa shape index (κ3) is 2.11. The second-order valence-corrected chi connectivity index (χ2v) is 4.88. The van der Waals surface area contributed by atoms with Crippen LogP contribution in [0.5, 0.6) is 5.75 Å². The predicted octanol–water partition coefficient (Wildman–Crippen LogP) is 3.82. The van der Waals surface area contributed by atoms with Crippen molar-refractivity contribution < 1.29 is 4.74 Å². The van der Waals surface area contributed by atoms with Gasteiger partial charge in [0.05, 0.1) is 30.4 Å². The molecule has 20 heavy (non-hydrogen) atoms. The molecule has 2 aromatic heterocycles. The third-order valence-corrected chi connectivity index (χ3v) is 3.50. The Bertz CT molecular complexity index is 770. The van der Waals surface area contributed by atoms with Crippen LogP contribution in [0.2, 0.25) is 5.02 Å². The van der Waals surface area contributed by atoms with E-state index in [1.807, 2.05) is 22.8 Å². The van der Waals surface area contributed by atoms with E-state index in [4.69, 9.17) is 27.9 Å². The molecule has 0 unspecified atom stereocenters. The molecule has 0 saturated heterocycles. The molecule has 3 aromatic rings. The number of ether oxygens (including phenoxy) is 1. The van der Waals surface area contributed by atoms with Crippen molar-refractivity contribution in [2.45, 2.75) is 5.88 Å². The minimum atomic E-state index is 0.282. The summed E-state index contributed by atoms with van der Waals surface area (Å²) in [4.78, 5) is 8.56. The summed E-state index contributed by atoms with van der Waals surface area (Å²) in [6.07, 6.45) is 3.43. The lowest BCUT2D eigenvalue weighted by molar-refractivity contribution is 0.413. The molecule has 0 amide bonds. The highest BCUT2D eigenvalue weighted by molar-refractivity contribution is 6.30. The van der Waals surface area contributed by atoms with Crippen LogP contribution in [0.15, 0.2) is 36.7 Å². The first-order valence-electron chi connectivity index (χ1n) is 5.96. The highest BCUT2D eigenvalue weighted by atomic mass is 35.5. The van der Waals surface area contributed by atoms with Crippen LogP contribution in [-0.2, 0) is 5.88 Å². The maximum absolute atomic E-state index is 6.10. The minimum Gasteiger partial charge on any atom is -0.495 e. The number of hydrogen-bond donors (Lipinski definition) is 0. The fourth-order valence-electron chi connectivity index (χ4n) is 2.18. The first-order chi connectivity index (χ1) is 9.74. The quantitative estimate of drug-likeness (QED) is 0.691. The van der Waals surface area contributed by atoms with E-state index in [-0.39, 0.29) is 5.88 Å². The number of nitrogens with zero attached hydrogens (tertiary/aromatic N) is 3. The van der Waals surface area contributed by atoms with Gasteiger partial charge in [-0.2, -0.15) is 0 Å². The molecule has 4 nitrogen and oxygen atoms in total. The van der Waals surface area contributed by atoms with Gasteiger partial charge < -0.3 is 4.74 Å². The second-order valence-electron chi connectivity index (χ2n) is 4.18. The molecule has 102 valence electrons. The van der Waals surface area contributed by atoms with Crippen molar-refractivity contribution in [3.8, 4) is 11.4 Å². The zero-order valence-electron chi connectivity index (χ0n) is 10.7. The smallest absolute Gasteiger partial charge is 0.143 e. The number of imidazole rings is 1. The number of pyridine rings is 1. The first-order valence-corrected chi connectivity index (χ1v) is 6.87. The predicted molar refractivity (Wildman–Crippen MR) is 80.0 cm³/mol. The molecule has 0 atom stereocenters. The molecule has 3 rings (SSSR count). The SMILES string of the molecule is COc1ccc(Cl)cc1-n1c(CCl)nc2cnccc21. The summed E-state index contributed by atoms with van der Waals surface area (Å²) in [6, 6.07) is 7.32. The molecular formula is C14H11Cl2N3O. The van der Waals surface area contributed by atoms with Gasteiger partial charge in [-0.3, -0.25) is 9.55 Å². The number of fused-ring (bicyclic) bond motifs is 1. The summed E-state index contributed by atoms with van der Waals surface area (Å²) >= 11 is 12.1. The van der Waals surface area contributed by atoms with Crippen molar-refractivity contribution in [2.75, 3.05) is 7.11 Å². The fraction of sp³-hybridized carbons (Fsp3) is 0.143. The number of benzene rings is 1. The van der Waals surface area contributed by atoms with Crippen molar-refractivity contribution in [3.05, 3.63) is 47.5 Å². The van der Waals surface area contributed by atoms with Gasteiger partial charge in [0.2, 0.25) is 0 Å².